The average Bonchev–Trinajstić information content (AvgIpc) is 3.43. The monoisotopic (exact) mass is 431 g/mol. The molecule has 1 aliphatic heterocycles. The molecule has 2 N–H and O–H groups in total. The second-order valence-electron chi connectivity index (χ2n) is 9.02. The number of hydrogen-bond acceptors (Lipinski definition) is 6. The molecule has 166 valence electrons. The molecule has 3 aromatic heterocycles. The van der Waals surface area contributed by atoms with Crippen molar-refractivity contribution in [1.29, 1.82) is 0 Å². The lowest BCUT2D eigenvalue weighted by molar-refractivity contribution is 0.00791. The van der Waals surface area contributed by atoms with Gasteiger partial charge in [0.25, 0.3) is 0 Å². The predicted molar refractivity (Wildman–Crippen MR) is 125 cm³/mol. The van der Waals surface area contributed by atoms with Crippen LogP contribution in [0.3, 0.4) is 0 Å². The molecular formula is C24H29N7O. The van der Waals surface area contributed by atoms with Gasteiger partial charge in [0.1, 0.15) is 17.8 Å². The van der Waals surface area contributed by atoms with Gasteiger partial charge in [-0.15, -0.1) is 0 Å². The Labute approximate surface area is 187 Å². The second-order valence-corrected chi connectivity index (χ2v) is 9.02. The number of hydrogen-bond donors (Lipinski definition) is 2. The average molecular weight is 432 g/mol. The summed E-state index contributed by atoms with van der Waals surface area (Å²) in [6.07, 6.45) is 10.3. The Hall–Kier alpha value is -2.97. The van der Waals surface area contributed by atoms with Crippen molar-refractivity contribution in [2.24, 2.45) is 0 Å². The van der Waals surface area contributed by atoms with E-state index >= 15 is 0 Å². The summed E-state index contributed by atoms with van der Waals surface area (Å²) in [4.78, 5) is 19.6. The Morgan fingerprint density at radius 1 is 1.06 bits per heavy atom. The summed E-state index contributed by atoms with van der Waals surface area (Å²) in [5.41, 5.74) is 4.03. The zero-order valence-corrected chi connectivity index (χ0v) is 18.4. The van der Waals surface area contributed by atoms with Crippen LogP contribution in [-0.4, -0.2) is 67.8 Å². The highest BCUT2D eigenvalue weighted by atomic mass is 16.5. The van der Waals surface area contributed by atoms with E-state index in [2.05, 4.69) is 52.9 Å². The summed E-state index contributed by atoms with van der Waals surface area (Å²) in [6.45, 7) is 5.90. The molecular weight excluding hydrogens is 402 g/mol. The number of anilines is 1. The van der Waals surface area contributed by atoms with E-state index in [0.29, 0.717) is 12.1 Å². The predicted octanol–water partition coefficient (Wildman–Crippen LogP) is 3.66. The van der Waals surface area contributed by atoms with Crippen LogP contribution in [-0.2, 0) is 4.74 Å². The van der Waals surface area contributed by atoms with E-state index in [1.54, 1.807) is 6.33 Å². The normalized spacial score (nSPS) is 22.5. The van der Waals surface area contributed by atoms with Crippen molar-refractivity contribution in [2.45, 2.75) is 44.7 Å². The largest absolute Gasteiger partial charge is 0.379 e. The van der Waals surface area contributed by atoms with E-state index in [9.17, 15) is 0 Å². The van der Waals surface area contributed by atoms with Crippen molar-refractivity contribution in [1.82, 2.24) is 29.4 Å². The Morgan fingerprint density at radius 2 is 1.91 bits per heavy atom. The summed E-state index contributed by atoms with van der Waals surface area (Å²) in [6, 6.07) is 7.54. The lowest BCUT2D eigenvalue weighted by atomic mass is 9.90. The van der Waals surface area contributed by atoms with E-state index in [0.717, 1.165) is 78.3 Å². The molecule has 0 atom stereocenters. The van der Waals surface area contributed by atoms with Crippen LogP contribution in [0.4, 0.5) is 5.82 Å². The Morgan fingerprint density at radius 3 is 2.69 bits per heavy atom. The Bertz CT molecular complexity index is 1230. The first-order valence-corrected chi connectivity index (χ1v) is 11.6. The standard InChI is InChI=1S/C24H29N7O/c1-16-13-31(15-27-16)19-6-7-21-20(12-19)22-23(25-14-26-24(22)29-21)28-17-2-4-18(5-3-17)30-8-10-32-11-9-30/h6-7,12-15,17-18H,2-5,8-11H2,1H3,(H2,25,26,28,29)/t17-,18-. The number of H-pyrrole nitrogens is 1. The maximum Gasteiger partial charge on any atom is 0.143 e. The molecule has 4 heterocycles. The lowest BCUT2D eigenvalue weighted by Crippen LogP contribution is -2.46. The van der Waals surface area contributed by atoms with Crippen LogP contribution < -0.4 is 5.32 Å². The zero-order valence-electron chi connectivity index (χ0n) is 18.4. The van der Waals surface area contributed by atoms with Gasteiger partial charge in [0.2, 0.25) is 0 Å². The summed E-state index contributed by atoms with van der Waals surface area (Å²) in [7, 11) is 0. The fraction of sp³-hybridized carbons (Fsp3) is 0.458. The number of fused-ring (bicyclic) bond motifs is 3. The van der Waals surface area contributed by atoms with Crippen LogP contribution in [0, 0.1) is 6.92 Å². The van der Waals surface area contributed by atoms with Gasteiger partial charge in [-0.05, 0) is 50.8 Å². The SMILES string of the molecule is Cc1cn(-c2ccc3[nH]c4ncnc(N[C@H]5CC[C@H](N6CCOCC6)CC5)c4c3c2)cn1. The molecule has 1 aromatic carbocycles. The van der Waals surface area contributed by atoms with Crippen LogP contribution in [0.25, 0.3) is 27.6 Å². The minimum atomic E-state index is 0.440. The third kappa shape index (κ3) is 3.63. The van der Waals surface area contributed by atoms with Gasteiger partial charge in [0.05, 0.1) is 30.6 Å². The van der Waals surface area contributed by atoms with Crippen LogP contribution in [0.5, 0.6) is 0 Å². The Kier molecular flexibility index (Phi) is 5.04. The summed E-state index contributed by atoms with van der Waals surface area (Å²) >= 11 is 0. The molecule has 6 rings (SSSR count). The van der Waals surface area contributed by atoms with Gasteiger partial charge in [0, 0.05) is 48.0 Å². The fourth-order valence-electron chi connectivity index (χ4n) is 5.26. The molecule has 0 amide bonds. The van der Waals surface area contributed by atoms with Crippen LogP contribution >= 0.6 is 0 Å². The van der Waals surface area contributed by atoms with Gasteiger partial charge >= 0.3 is 0 Å². The van der Waals surface area contributed by atoms with Gasteiger partial charge in [-0.1, -0.05) is 0 Å². The van der Waals surface area contributed by atoms with E-state index in [1.165, 1.54) is 12.8 Å². The number of imidazole rings is 1. The summed E-state index contributed by atoms with van der Waals surface area (Å²) < 4.78 is 7.57. The van der Waals surface area contributed by atoms with Crippen molar-refractivity contribution in [3.05, 3.63) is 42.7 Å². The molecule has 2 fully saturated rings. The minimum absolute atomic E-state index is 0.440. The van der Waals surface area contributed by atoms with Crippen LogP contribution in [0.15, 0.2) is 37.1 Å². The highest BCUT2D eigenvalue weighted by Gasteiger charge is 2.27. The topological polar surface area (TPSA) is 83.9 Å². The number of nitrogens with one attached hydrogen (secondary N) is 2. The third-order valence-electron chi connectivity index (χ3n) is 6.98. The summed E-state index contributed by atoms with van der Waals surface area (Å²) in [5.74, 6) is 0.926. The lowest BCUT2D eigenvalue weighted by Gasteiger charge is -2.39. The molecule has 1 saturated carbocycles. The molecule has 0 radical (unpaired) electrons. The number of ether oxygens (including phenoxy) is 1. The van der Waals surface area contributed by atoms with Crippen molar-refractivity contribution >= 4 is 27.8 Å². The van der Waals surface area contributed by atoms with Gasteiger partial charge in [-0.25, -0.2) is 15.0 Å². The number of morpholine rings is 1. The smallest absolute Gasteiger partial charge is 0.143 e. The van der Waals surface area contributed by atoms with Crippen molar-refractivity contribution in [3.63, 3.8) is 0 Å². The van der Waals surface area contributed by atoms with Crippen molar-refractivity contribution < 1.29 is 4.74 Å². The number of nitrogens with zero attached hydrogens (tertiary/aromatic N) is 5. The number of rotatable bonds is 4. The molecule has 8 heteroatoms. The number of aromatic amines is 1. The fourth-order valence-corrected chi connectivity index (χ4v) is 5.26. The van der Waals surface area contributed by atoms with Crippen LogP contribution in [0.2, 0.25) is 0 Å². The quantitative estimate of drug-likeness (QED) is 0.513. The minimum Gasteiger partial charge on any atom is -0.379 e. The maximum atomic E-state index is 5.52. The molecule has 4 aromatic rings. The van der Waals surface area contributed by atoms with Gasteiger partial charge in [-0.2, -0.15) is 0 Å². The maximum absolute atomic E-state index is 5.52. The molecule has 1 saturated heterocycles. The zero-order chi connectivity index (χ0) is 21.5. The highest BCUT2D eigenvalue weighted by molar-refractivity contribution is 6.11. The molecule has 32 heavy (non-hydrogen) atoms. The molecule has 2 aliphatic rings. The number of benzene rings is 1. The Balaban J connectivity index is 1.26. The van der Waals surface area contributed by atoms with Gasteiger partial charge in [-0.3, -0.25) is 4.90 Å². The first kappa shape index (κ1) is 19.7. The van der Waals surface area contributed by atoms with Crippen LogP contribution in [0.1, 0.15) is 31.4 Å². The number of aryl methyl sites for hydroxylation is 1. The molecule has 0 unspecified atom stereocenters. The number of aromatic nitrogens is 5. The molecule has 0 spiro atoms. The molecule has 1 aliphatic carbocycles. The second kappa shape index (κ2) is 8.18. The van der Waals surface area contributed by atoms with Crippen molar-refractivity contribution in [3.8, 4) is 5.69 Å². The highest BCUT2D eigenvalue weighted by Crippen LogP contribution is 2.33. The van der Waals surface area contributed by atoms with Crippen molar-refractivity contribution in [2.75, 3.05) is 31.6 Å². The van der Waals surface area contributed by atoms with E-state index in [-0.39, 0.29) is 0 Å². The first-order chi connectivity index (χ1) is 15.7. The summed E-state index contributed by atoms with van der Waals surface area (Å²) in [5, 5.41) is 5.95. The molecule has 8 nitrogen and oxygen atoms in total. The third-order valence-corrected chi connectivity index (χ3v) is 6.98. The van der Waals surface area contributed by atoms with E-state index < -0.39 is 0 Å². The first-order valence-electron chi connectivity index (χ1n) is 11.6. The molecule has 0 bridgehead atoms. The van der Waals surface area contributed by atoms with Gasteiger partial charge in [0.15, 0.2) is 0 Å². The van der Waals surface area contributed by atoms with Gasteiger partial charge < -0.3 is 19.6 Å². The van der Waals surface area contributed by atoms with E-state index in [4.69, 9.17) is 4.74 Å². The van der Waals surface area contributed by atoms with E-state index in [1.807, 2.05) is 19.4 Å².